The Hall–Kier alpha value is -3.81. The van der Waals surface area contributed by atoms with Crippen LogP contribution in [0.15, 0.2) is 59.8 Å². The maximum Gasteiger partial charge on any atom is 0.344 e. The summed E-state index contributed by atoms with van der Waals surface area (Å²) in [6.45, 7) is 1.87. The number of imide groups is 1. The number of hydrazone groups is 1. The smallest absolute Gasteiger partial charge is 0.275 e. The highest BCUT2D eigenvalue weighted by molar-refractivity contribution is 6.02. The zero-order chi connectivity index (χ0) is 19.7. The quantitative estimate of drug-likeness (QED) is 0.561. The maximum absolute atomic E-state index is 13.2. The summed E-state index contributed by atoms with van der Waals surface area (Å²) in [4.78, 5) is 23.0. The molecule has 2 heterocycles. The van der Waals surface area contributed by atoms with Crippen LogP contribution in [0.25, 0.3) is 16.9 Å². The van der Waals surface area contributed by atoms with Crippen LogP contribution in [0.1, 0.15) is 11.1 Å². The van der Waals surface area contributed by atoms with Gasteiger partial charge in [0.15, 0.2) is 0 Å². The van der Waals surface area contributed by atoms with Gasteiger partial charge in [-0.2, -0.15) is 10.2 Å². The molecule has 0 saturated carbocycles. The number of carbonyl (C=O) groups excluding carboxylic acids is 2. The molecule has 3 aromatic rings. The lowest BCUT2D eigenvalue weighted by Gasteiger charge is -2.04. The van der Waals surface area contributed by atoms with E-state index in [1.165, 1.54) is 18.3 Å². The Labute approximate surface area is 160 Å². The Morgan fingerprint density at radius 1 is 1.11 bits per heavy atom. The molecule has 1 fully saturated rings. The number of hydrogen-bond donors (Lipinski definition) is 1. The molecule has 4 rings (SSSR count). The number of hydrogen-bond acceptors (Lipinski definition) is 4. The third-order valence-electron chi connectivity index (χ3n) is 4.27. The van der Waals surface area contributed by atoms with Crippen molar-refractivity contribution in [1.82, 2.24) is 20.1 Å². The van der Waals surface area contributed by atoms with E-state index in [1.807, 2.05) is 31.2 Å². The summed E-state index contributed by atoms with van der Waals surface area (Å²) < 4.78 is 14.8. The lowest BCUT2D eigenvalue weighted by atomic mass is 10.1. The van der Waals surface area contributed by atoms with E-state index in [2.05, 4.69) is 15.5 Å². The fourth-order valence-corrected chi connectivity index (χ4v) is 2.80. The lowest BCUT2D eigenvalue weighted by Crippen LogP contribution is -2.24. The molecule has 7 nitrogen and oxygen atoms in total. The van der Waals surface area contributed by atoms with Crippen molar-refractivity contribution in [3.8, 4) is 16.9 Å². The van der Waals surface area contributed by atoms with Crippen molar-refractivity contribution >= 4 is 18.2 Å². The predicted molar refractivity (Wildman–Crippen MR) is 102 cm³/mol. The molecule has 1 aliphatic rings. The van der Waals surface area contributed by atoms with Crippen LogP contribution in [0, 0.1) is 12.7 Å². The predicted octanol–water partition coefficient (Wildman–Crippen LogP) is 2.87. The largest absolute Gasteiger partial charge is 0.344 e. The highest BCUT2D eigenvalue weighted by Crippen LogP contribution is 2.23. The van der Waals surface area contributed by atoms with Gasteiger partial charge in [-0.3, -0.25) is 10.1 Å². The molecule has 1 aliphatic heterocycles. The first-order valence-electron chi connectivity index (χ1n) is 8.57. The standard InChI is InChI=1S/C20H16FN5O2/c1-13-2-4-14(5-3-13)19-15(10-22-26-12-18(27)23-20(26)28)11-25(24-19)17-8-6-16(21)7-9-17/h2-11H,12H2,1H3,(H,23,27,28)/b22-10-. The summed E-state index contributed by atoms with van der Waals surface area (Å²) in [5, 5.41) is 11.9. The van der Waals surface area contributed by atoms with E-state index < -0.39 is 11.9 Å². The number of nitrogens with zero attached hydrogens (tertiary/aromatic N) is 4. The van der Waals surface area contributed by atoms with Crippen LogP contribution in [0.5, 0.6) is 0 Å². The molecule has 28 heavy (non-hydrogen) atoms. The number of nitrogens with one attached hydrogen (secondary N) is 1. The highest BCUT2D eigenvalue weighted by Gasteiger charge is 2.26. The van der Waals surface area contributed by atoms with Gasteiger partial charge >= 0.3 is 6.03 Å². The second-order valence-corrected chi connectivity index (χ2v) is 6.38. The third kappa shape index (κ3) is 3.52. The molecule has 3 amide bonds. The van der Waals surface area contributed by atoms with Crippen molar-refractivity contribution in [1.29, 1.82) is 0 Å². The summed E-state index contributed by atoms with van der Waals surface area (Å²) in [6, 6.07) is 13.2. The number of aryl methyl sites for hydroxylation is 1. The number of halogens is 1. The fraction of sp³-hybridized carbons (Fsp3) is 0.100. The van der Waals surface area contributed by atoms with E-state index in [-0.39, 0.29) is 12.4 Å². The molecular weight excluding hydrogens is 361 g/mol. The van der Waals surface area contributed by atoms with Gasteiger partial charge in [-0.1, -0.05) is 29.8 Å². The van der Waals surface area contributed by atoms with Crippen LogP contribution in [0.2, 0.25) is 0 Å². The second-order valence-electron chi connectivity index (χ2n) is 6.38. The SMILES string of the molecule is Cc1ccc(-c2nn(-c3ccc(F)cc3)cc2/C=N\N2CC(=O)NC2=O)cc1. The molecule has 0 aliphatic carbocycles. The average Bonchev–Trinajstić information content (AvgIpc) is 3.24. The minimum atomic E-state index is -0.566. The summed E-state index contributed by atoms with van der Waals surface area (Å²) >= 11 is 0. The van der Waals surface area contributed by atoms with Gasteiger partial charge in [0, 0.05) is 17.3 Å². The lowest BCUT2D eigenvalue weighted by molar-refractivity contribution is -0.118. The third-order valence-corrected chi connectivity index (χ3v) is 4.27. The zero-order valence-corrected chi connectivity index (χ0v) is 15.0. The van der Waals surface area contributed by atoms with Gasteiger partial charge in [0.25, 0.3) is 0 Å². The van der Waals surface area contributed by atoms with Crippen LogP contribution < -0.4 is 5.32 Å². The molecule has 1 aromatic heterocycles. The molecule has 1 N–H and O–H groups in total. The molecule has 0 unspecified atom stereocenters. The number of benzene rings is 2. The summed E-state index contributed by atoms with van der Waals surface area (Å²) in [6.07, 6.45) is 3.22. The first kappa shape index (κ1) is 17.6. The van der Waals surface area contributed by atoms with E-state index in [9.17, 15) is 14.0 Å². The van der Waals surface area contributed by atoms with Crippen LogP contribution in [-0.4, -0.2) is 39.5 Å². The molecule has 1 saturated heterocycles. The number of aromatic nitrogens is 2. The molecular formula is C20H16FN5O2. The molecule has 2 aromatic carbocycles. The van der Waals surface area contributed by atoms with Crippen molar-refractivity contribution in [2.75, 3.05) is 6.54 Å². The molecule has 0 bridgehead atoms. The van der Waals surface area contributed by atoms with Crippen molar-refractivity contribution < 1.29 is 14.0 Å². The Balaban J connectivity index is 1.74. The molecule has 8 heteroatoms. The Morgan fingerprint density at radius 3 is 2.46 bits per heavy atom. The van der Waals surface area contributed by atoms with E-state index in [0.717, 1.165) is 16.1 Å². The Kier molecular flexibility index (Phi) is 4.44. The van der Waals surface area contributed by atoms with Crippen molar-refractivity contribution in [2.24, 2.45) is 5.10 Å². The molecule has 0 spiro atoms. The molecule has 0 radical (unpaired) electrons. The number of rotatable bonds is 4. The van der Waals surface area contributed by atoms with E-state index >= 15 is 0 Å². The number of amides is 3. The number of carbonyl (C=O) groups is 2. The minimum Gasteiger partial charge on any atom is -0.275 e. The van der Waals surface area contributed by atoms with Crippen molar-refractivity contribution in [2.45, 2.75) is 6.92 Å². The van der Waals surface area contributed by atoms with E-state index in [4.69, 9.17) is 0 Å². The number of urea groups is 1. The van der Waals surface area contributed by atoms with Crippen LogP contribution in [-0.2, 0) is 4.79 Å². The van der Waals surface area contributed by atoms with E-state index in [1.54, 1.807) is 23.0 Å². The van der Waals surface area contributed by atoms with Crippen LogP contribution in [0.4, 0.5) is 9.18 Å². The average molecular weight is 377 g/mol. The van der Waals surface area contributed by atoms with Gasteiger partial charge in [0.05, 0.1) is 11.9 Å². The Morgan fingerprint density at radius 2 is 1.82 bits per heavy atom. The normalized spacial score (nSPS) is 14.1. The molecule has 0 atom stereocenters. The maximum atomic E-state index is 13.2. The van der Waals surface area contributed by atoms with Gasteiger partial charge in [0.1, 0.15) is 18.1 Å². The van der Waals surface area contributed by atoms with Gasteiger partial charge in [-0.15, -0.1) is 0 Å². The van der Waals surface area contributed by atoms with Gasteiger partial charge in [-0.05, 0) is 31.2 Å². The van der Waals surface area contributed by atoms with Gasteiger partial charge < -0.3 is 0 Å². The first-order chi connectivity index (χ1) is 13.5. The topological polar surface area (TPSA) is 79.6 Å². The second kappa shape index (κ2) is 7.07. The first-order valence-corrected chi connectivity index (χ1v) is 8.57. The summed E-state index contributed by atoms with van der Waals surface area (Å²) in [7, 11) is 0. The van der Waals surface area contributed by atoms with Crippen molar-refractivity contribution in [3.63, 3.8) is 0 Å². The minimum absolute atomic E-state index is 0.124. The zero-order valence-electron chi connectivity index (χ0n) is 15.0. The van der Waals surface area contributed by atoms with Crippen LogP contribution >= 0.6 is 0 Å². The summed E-state index contributed by atoms with van der Waals surface area (Å²) in [5.41, 5.74) is 3.97. The van der Waals surface area contributed by atoms with E-state index in [0.29, 0.717) is 16.9 Å². The van der Waals surface area contributed by atoms with Gasteiger partial charge in [-0.25, -0.2) is 18.9 Å². The summed E-state index contributed by atoms with van der Waals surface area (Å²) in [5.74, 6) is -0.732. The fourth-order valence-electron chi connectivity index (χ4n) is 2.80. The highest BCUT2D eigenvalue weighted by atomic mass is 19.1. The monoisotopic (exact) mass is 377 g/mol. The van der Waals surface area contributed by atoms with Gasteiger partial charge in [0.2, 0.25) is 5.91 Å². The van der Waals surface area contributed by atoms with Crippen molar-refractivity contribution in [3.05, 3.63) is 71.7 Å². The molecule has 140 valence electrons. The van der Waals surface area contributed by atoms with Crippen LogP contribution in [0.3, 0.4) is 0 Å². The Bertz CT molecular complexity index is 1070.